The molecule has 0 saturated carbocycles. The molecule has 0 aliphatic carbocycles. The lowest BCUT2D eigenvalue weighted by molar-refractivity contribution is -0.00494. The molecular formula is C8H16F2N2O. The number of hydrogen-bond acceptors (Lipinski definition) is 3. The van der Waals surface area contributed by atoms with Crippen LogP contribution in [0.25, 0.3) is 0 Å². The smallest absolute Gasteiger partial charge is 0.265 e. The molecule has 1 fully saturated rings. The lowest BCUT2D eigenvalue weighted by atomic mass is 10.1. The Labute approximate surface area is 76.5 Å². The molecule has 0 aromatic heterocycles. The van der Waals surface area contributed by atoms with Crippen LogP contribution in [0.15, 0.2) is 0 Å². The third-order valence-electron chi connectivity index (χ3n) is 2.20. The first kappa shape index (κ1) is 10.8. The van der Waals surface area contributed by atoms with Crippen LogP contribution in [0.3, 0.4) is 0 Å². The summed E-state index contributed by atoms with van der Waals surface area (Å²) in [6.07, 6.45) is -2.14. The van der Waals surface area contributed by atoms with Gasteiger partial charge in [0.2, 0.25) is 0 Å². The molecule has 0 amide bonds. The third-order valence-corrected chi connectivity index (χ3v) is 2.20. The summed E-state index contributed by atoms with van der Waals surface area (Å²) in [6, 6.07) is 0.224. The Hall–Kier alpha value is -0.260. The SMILES string of the molecule is OC(CNC1CCCNC1)C(F)F. The molecule has 0 bridgehead atoms. The van der Waals surface area contributed by atoms with Gasteiger partial charge in [-0.05, 0) is 19.4 Å². The van der Waals surface area contributed by atoms with E-state index < -0.39 is 12.5 Å². The molecule has 13 heavy (non-hydrogen) atoms. The van der Waals surface area contributed by atoms with Crippen LogP contribution in [0.1, 0.15) is 12.8 Å². The van der Waals surface area contributed by atoms with Crippen LogP contribution < -0.4 is 10.6 Å². The van der Waals surface area contributed by atoms with E-state index in [1.807, 2.05) is 0 Å². The average molecular weight is 194 g/mol. The van der Waals surface area contributed by atoms with Crippen LogP contribution in [0.2, 0.25) is 0 Å². The fourth-order valence-electron chi connectivity index (χ4n) is 1.40. The Balaban J connectivity index is 2.10. The van der Waals surface area contributed by atoms with Gasteiger partial charge in [0.05, 0.1) is 0 Å². The molecule has 0 aromatic rings. The van der Waals surface area contributed by atoms with Crippen LogP contribution in [-0.2, 0) is 0 Å². The van der Waals surface area contributed by atoms with E-state index >= 15 is 0 Å². The zero-order valence-corrected chi connectivity index (χ0v) is 7.47. The lowest BCUT2D eigenvalue weighted by Crippen LogP contribution is -2.46. The summed E-state index contributed by atoms with van der Waals surface area (Å²) in [5, 5.41) is 14.9. The van der Waals surface area contributed by atoms with Crippen molar-refractivity contribution in [1.82, 2.24) is 10.6 Å². The van der Waals surface area contributed by atoms with E-state index in [4.69, 9.17) is 5.11 Å². The van der Waals surface area contributed by atoms with Gasteiger partial charge in [0.1, 0.15) is 6.10 Å². The number of piperidine rings is 1. The fourth-order valence-corrected chi connectivity index (χ4v) is 1.40. The van der Waals surface area contributed by atoms with Crippen molar-refractivity contribution in [3.63, 3.8) is 0 Å². The summed E-state index contributed by atoms with van der Waals surface area (Å²) in [7, 11) is 0. The highest BCUT2D eigenvalue weighted by atomic mass is 19.3. The van der Waals surface area contributed by atoms with Crippen molar-refractivity contribution >= 4 is 0 Å². The van der Waals surface area contributed by atoms with E-state index in [-0.39, 0.29) is 12.6 Å². The summed E-state index contributed by atoms with van der Waals surface area (Å²) >= 11 is 0. The zero-order valence-electron chi connectivity index (χ0n) is 7.47. The third kappa shape index (κ3) is 3.97. The Kier molecular flexibility index (Phi) is 4.55. The van der Waals surface area contributed by atoms with Crippen LogP contribution in [-0.4, -0.2) is 43.3 Å². The Morgan fingerprint density at radius 1 is 1.54 bits per heavy atom. The topological polar surface area (TPSA) is 44.3 Å². The van der Waals surface area contributed by atoms with Gasteiger partial charge < -0.3 is 15.7 Å². The highest BCUT2D eigenvalue weighted by Gasteiger charge is 2.19. The van der Waals surface area contributed by atoms with Crippen molar-refractivity contribution in [3.8, 4) is 0 Å². The van der Waals surface area contributed by atoms with E-state index in [1.54, 1.807) is 0 Å². The van der Waals surface area contributed by atoms with Gasteiger partial charge in [0.15, 0.2) is 0 Å². The predicted molar refractivity (Wildman–Crippen MR) is 45.9 cm³/mol. The van der Waals surface area contributed by atoms with Crippen molar-refractivity contribution in [2.45, 2.75) is 31.4 Å². The number of nitrogens with one attached hydrogen (secondary N) is 2. The number of halogens is 2. The van der Waals surface area contributed by atoms with Gasteiger partial charge in [0.25, 0.3) is 6.43 Å². The highest BCUT2D eigenvalue weighted by Crippen LogP contribution is 2.03. The first-order chi connectivity index (χ1) is 6.20. The summed E-state index contributed by atoms with van der Waals surface area (Å²) in [5.74, 6) is 0. The molecule has 3 N–H and O–H groups in total. The first-order valence-electron chi connectivity index (χ1n) is 4.60. The molecule has 2 unspecified atom stereocenters. The maximum Gasteiger partial charge on any atom is 0.265 e. The maximum absolute atomic E-state index is 11.9. The largest absolute Gasteiger partial charge is 0.386 e. The predicted octanol–water partition coefficient (Wildman–Crippen LogP) is -0.0460. The molecule has 1 aliphatic rings. The quantitative estimate of drug-likeness (QED) is 0.588. The molecule has 2 atom stereocenters. The Morgan fingerprint density at radius 3 is 2.85 bits per heavy atom. The van der Waals surface area contributed by atoms with Gasteiger partial charge in [-0.25, -0.2) is 8.78 Å². The van der Waals surface area contributed by atoms with Gasteiger partial charge >= 0.3 is 0 Å². The minimum atomic E-state index is -2.65. The molecule has 1 rings (SSSR count). The maximum atomic E-state index is 11.9. The van der Waals surface area contributed by atoms with E-state index in [9.17, 15) is 8.78 Å². The summed E-state index contributed by atoms with van der Waals surface area (Å²) < 4.78 is 23.8. The molecule has 5 heteroatoms. The van der Waals surface area contributed by atoms with E-state index in [0.29, 0.717) is 0 Å². The Morgan fingerprint density at radius 2 is 2.31 bits per heavy atom. The normalized spacial score (nSPS) is 26.3. The van der Waals surface area contributed by atoms with Gasteiger partial charge in [-0.3, -0.25) is 0 Å². The highest BCUT2D eigenvalue weighted by molar-refractivity contribution is 4.76. The molecular weight excluding hydrogens is 178 g/mol. The van der Waals surface area contributed by atoms with Crippen LogP contribution in [0, 0.1) is 0 Å². The second-order valence-corrected chi connectivity index (χ2v) is 3.35. The molecule has 0 radical (unpaired) electrons. The minimum absolute atomic E-state index is 0.0238. The van der Waals surface area contributed by atoms with Crippen LogP contribution >= 0.6 is 0 Å². The number of hydrogen-bond donors (Lipinski definition) is 3. The lowest BCUT2D eigenvalue weighted by Gasteiger charge is -2.24. The average Bonchev–Trinajstić information content (AvgIpc) is 2.15. The Bertz CT molecular complexity index is 140. The summed E-state index contributed by atoms with van der Waals surface area (Å²) in [4.78, 5) is 0. The summed E-state index contributed by atoms with van der Waals surface area (Å²) in [6.45, 7) is 1.77. The zero-order chi connectivity index (χ0) is 9.68. The molecule has 1 aliphatic heterocycles. The first-order valence-corrected chi connectivity index (χ1v) is 4.60. The van der Waals surface area contributed by atoms with E-state index in [0.717, 1.165) is 25.9 Å². The standard InChI is InChI=1S/C8H16F2N2O/c9-8(10)7(13)5-12-6-2-1-3-11-4-6/h6-8,11-13H,1-5H2. The van der Waals surface area contributed by atoms with Crippen molar-refractivity contribution in [2.24, 2.45) is 0 Å². The molecule has 0 aromatic carbocycles. The molecule has 1 saturated heterocycles. The monoisotopic (exact) mass is 194 g/mol. The van der Waals surface area contributed by atoms with Crippen molar-refractivity contribution in [2.75, 3.05) is 19.6 Å². The summed E-state index contributed by atoms with van der Waals surface area (Å²) in [5.41, 5.74) is 0. The minimum Gasteiger partial charge on any atom is -0.386 e. The van der Waals surface area contributed by atoms with Crippen LogP contribution in [0.4, 0.5) is 8.78 Å². The van der Waals surface area contributed by atoms with Gasteiger partial charge in [-0.1, -0.05) is 0 Å². The number of alkyl halides is 2. The molecule has 78 valence electrons. The van der Waals surface area contributed by atoms with Crippen molar-refractivity contribution < 1.29 is 13.9 Å². The molecule has 1 heterocycles. The second-order valence-electron chi connectivity index (χ2n) is 3.35. The molecule has 3 nitrogen and oxygen atoms in total. The van der Waals surface area contributed by atoms with Gasteiger partial charge in [-0.15, -0.1) is 0 Å². The van der Waals surface area contributed by atoms with Crippen molar-refractivity contribution in [3.05, 3.63) is 0 Å². The number of aliphatic hydroxyl groups is 1. The fraction of sp³-hybridized carbons (Fsp3) is 1.00. The van der Waals surface area contributed by atoms with E-state index in [1.165, 1.54) is 0 Å². The molecule has 0 spiro atoms. The van der Waals surface area contributed by atoms with E-state index in [2.05, 4.69) is 10.6 Å². The number of aliphatic hydroxyl groups excluding tert-OH is 1. The van der Waals surface area contributed by atoms with Crippen LogP contribution in [0.5, 0.6) is 0 Å². The van der Waals surface area contributed by atoms with Gasteiger partial charge in [-0.2, -0.15) is 0 Å². The van der Waals surface area contributed by atoms with Gasteiger partial charge in [0, 0.05) is 19.1 Å². The number of rotatable bonds is 4. The van der Waals surface area contributed by atoms with Crippen molar-refractivity contribution in [1.29, 1.82) is 0 Å². The second kappa shape index (κ2) is 5.47.